The molecule has 98 valence electrons. The number of halogens is 3. The van der Waals surface area contributed by atoms with Gasteiger partial charge in [0.1, 0.15) is 0 Å². The van der Waals surface area contributed by atoms with Gasteiger partial charge in [0.05, 0.1) is 5.41 Å². The van der Waals surface area contributed by atoms with Crippen molar-refractivity contribution in [2.75, 3.05) is 0 Å². The average Bonchev–Trinajstić information content (AvgIpc) is 2.17. The van der Waals surface area contributed by atoms with Gasteiger partial charge in [0, 0.05) is 0 Å². The van der Waals surface area contributed by atoms with Gasteiger partial charge in [-0.25, -0.2) is 5.48 Å². The standard InChI is InChI=1S/C7H12F3NO3.C2H6/c1-5(2,4(12)11-14)6(3,13)7(8,9)10;1-2/h13-14H,1-3H3,(H,11,12);1-2H3. The Morgan fingerprint density at radius 1 is 1.12 bits per heavy atom. The molecule has 0 spiro atoms. The second-order valence-electron chi connectivity index (χ2n) is 3.64. The summed E-state index contributed by atoms with van der Waals surface area (Å²) in [5, 5.41) is 17.4. The Morgan fingerprint density at radius 3 is 1.62 bits per heavy atom. The second kappa shape index (κ2) is 5.49. The summed E-state index contributed by atoms with van der Waals surface area (Å²) in [5.41, 5.74) is -4.31. The van der Waals surface area contributed by atoms with Crippen LogP contribution in [0.3, 0.4) is 0 Å². The molecule has 3 N–H and O–H groups in total. The third-order valence-corrected chi connectivity index (χ3v) is 2.44. The molecule has 0 aliphatic heterocycles. The fraction of sp³-hybridized carbons (Fsp3) is 0.889. The number of alkyl halides is 3. The zero-order valence-corrected chi connectivity index (χ0v) is 9.94. The number of carbonyl (C=O) groups is 1. The molecule has 16 heavy (non-hydrogen) atoms. The van der Waals surface area contributed by atoms with Crippen LogP contribution < -0.4 is 5.48 Å². The number of amides is 1. The third-order valence-electron chi connectivity index (χ3n) is 2.44. The fourth-order valence-corrected chi connectivity index (χ4v) is 0.715. The molecule has 1 atom stereocenters. The minimum absolute atomic E-state index is 0.474. The lowest BCUT2D eigenvalue weighted by molar-refractivity contribution is -0.285. The van der Waals surface area contributed by atoms with E-state index in [-0.39, 0.29) is 0 Å². The quantitative estimate of drug-likeness (QED) is 0.513. The van der Waals surface area contributed by atoms with E-state index in [4.69, 9.17) is 5.21 Å². The SMILES string of the molecule is CC.CC(C)(C(=O)NO)C(C)(O)C(F)(F)F. The van der Waals surface area contributed by atoms with Crippen LogP contribution in [0.2, 0.25) is 0 Å². The molecule has 0 radical (unpaired) electrons. The van der Waals surface area contributed by atoms with Crippen molar-refractivity contribution in [3.05, 3.63) is 0 Å². The topological polar surface area (TPSA) is 69.6 Å². The lowest BCUT2D eigenvalue weighted by atomic mass is 9.75. The van der Waals surface area contributed by atoms with E-state index in [1.54, 1.807) is 0 Å². The molecule has 1 amide bonds. The van der Waals surface area contributed by atoms with Gasteiger partial charge < -0.3 is 5.11 Å². The van der Waals surface area contributed by atoms with Gasteiger partial charge in [-0.2, -0.15) is 13.2 Å². The van der Waals surface area contributed by atoms with Crippen LogP contribution in [0.25, 0.3) is 0 Å². The minimum atomic E-state index is -4.96. The highest BCUT2D eigenvalue weighted by atomic mass is 19.4. The number of rotatable bonds is 2. The van der Waals surface area contributed by atoms with Crippen molar-refractivity contribution in [1.82, 2.24) is 5.48 Å². The van der Waals surface area contributed by atoms with Crippen molar-refractivity contribution < 1.29 is 28.3 Å². The zero-order chi connectivity index (χ0) is 13.8. The molecule has 1 unspecified atom stereocenters. The maximum absolute atomic E-state index is 12.3. The Kier molecular flexibility index (Phi) is 6.03. The van der Waals surface area contributed by atoms with Crippen LogP contribution in [0.4, 0.5) is 13.2 Å². The van der Waals surface area contributed by atoms with Gasteiger partial charge in [-0.1, -0.05) is 13.8 Å². The van der Waals surface area contributed by atoms with Gasteiger partial charge >= 0.3 is 6.18 Å². The molecule has 0 heterocycles. The predicted octanol–water partition coefficient (Wildman–Crippen LogP) is 1.86. The molecular weight excluding hydrogens is 227 g/mol. The summed E-state index contributed by atoms with van der Waals surface area (Å²) in [6, 6.07) is 0. The van der Waals surface area contributed by atoms with E-state index in [0.717, 1.165) is 19.3 Å². The first-order chi connectivity index (χ1) is 6.98. The first-order valence-electron chi connectivity index (χ1n) is 4.72. The maximum atomic E-state index is 12.3. The summed E-state index contributed by atoms with van der Waals surface area (Å²) in [6.45, 7) is 6.24. The van der Waals surface area contributed by atoms with E-state index >= 15 is 0 Å². The molecule has 4 nitrogen and oxygen atoms in total. The van der Waals surface area contributed by atoms with Crippen molar-refractivity contribution in [2.45, 2.75) is 46.4 Å². The highest BCUT2D eigenvalue weighted by Crippen LogP contribution is 2.43. The van der Waals surface area contributed by atoms with Crippen molar-refractivity contribution >= 4 is 5.91 Å². The lowest BCUT2D eigenvalue weighted by Crippen LogP contribution is -2.59. The molecule has 0 aromatic carbocycles. The maximum Gasteiger partial charge on any atom is 0.417 e. The molecule has 0 fully saturated rings. The minimum Gasteiger partial charge on any atom is -0.380 e. The molecular formula is C9H18F3NO3. The highest BCUT2D eigenvalue weighted by molar-refractivity contribution is 5.82. The van der Waals surface area contributed by atoms with Crippen LogP contribution in [0.1, 0.15) is 34.6 Å². The number of nitrogens with one attached hydrogen (secondary N) is 1. The van der Waals surface area contributed by atoms with Crippen LogP contribution in [0, 0.1) is 5.41 Å². The van der Waals surface area contributed by atoms with Gasteiger partial charge in [0.25, 0.3) is 5.91 Å². The molecule has 0 saturated heterocycles. The van der Waals surface area contributed by atoms with Gasteiger partial charge in [-0.3, -0.25) is 10.0 Å². The van der Waals surface area contributed by atoms with E-state index in [0.29, 0.717) is 6.92 Å². The van der Waals surface area contributed by atoms with Crippen molar-refractivity contribution in [3.63, 3.8) is 0 Å². The second-order valence-corrected chi connectivity index (χ2v) is 3.64. The number of aliphatic hydroxyl groups is 1. The first-order valence-corrected chi connectivity index (χ1v) is 4.72. The average molecular weight is 245 g/mol. The third kappa shape index (κ3) is 3.08. The first kappa shape index (κ1) is 17.6. The number of hydroxylamine groups is 1. The normalized spacial score (nSPS) is 15.6. The Morgan fingerprint density at radius 2 is 1.44 bits per heavy atom. The molecule has 0 aromatic rings. The van der Waals surface area contributed by atoms with E-state index in [2.05, 4.69) is 0 Å². The van der Waals surface area contributed by atoms with Crippen LogP contribution in [-0.2, 0) is 4.79 Å². The highest BCUT2D eigenvalue weighted by Gasteiger charge is 2.62. The van der Waals surface area contributed by atoms with E-state index in [9.17, 15) is 23.1 Å². The molecule has 0 aliphatic rings. The summed E-state index contributed by atoms with van der Waals surface area (Å²) >= 11 is 0. The monoisotopic (exact) mass is 245 g/mol. The van der Waals surface area contributed by atoms with E-state index < -0.39 is 23.1 Å². The van der Waals surface area contributed by atoms with Crippen LogP contribution in [0.15, 0.2) is 0 Å². The van der Waals surface area contributed by atoms with E-state index in [1.165, 1.54) is 0 Å². The van der Waals surface area contributed by atoms with Gasteiger partial charge in [0.2, 0.25) is 0 Å². The lowest BCUT2D eigenvalue weighted by Gasteiger charge is -2.38. The summed E-state index contributed by atoms with van der Waals surface area (Å²) in [7, 11) is 0. The van der Waals surface area contributed by atoms with Crippen LogP contribution in [-0.4, -0.2) is 28.0 Å². The Balaban J connectivity index is 0. The van der Waals surface area contributed by atoms with Gasteiger partial charge in [-0.05, 0) is 20.8 Å². The van der Waals surface area contributed by atoms with Crippen molar-refractivity contribution in [3.8, 4) is 0 Å². The Labute approximate surface area is 92.4 Å². The summed E-state index contributed by atoms with van der Waals surface area (Å²) in [4.78, 5) is 10.9. The zero-order valence-electron chi connectivity index (χ0n) is 9.94. The molecule has 0 aromatic heterocycles. The summed E-state index contributed by atoms with van der Waals surface area (Å²) in [6.07, 6.45) is -4.96. The Hall–Kier alpha value is -0.820. The van der Waals surface area contributed by atoms with Crippen molar-refractivity contribution in [2.24, 2.45) is 5.41 Å². The fourth-order valence-electron chi connectivity index (χ4n) is 0.715. The number of carbonyl (C=O) groups excluding carboxylic acids is 1. The molecule has 0 aliphatic carbocycles. The molecule has 0 rings (SSSR count). The van der Waals surface area contributed by atoms with Crippen molar-refractivity contribution in [1.29, 1.82) is 0 Å². The Bertz CT molecular complexity index is 237. The predicted molar refractivity (Wildman–Crippen MR) is 51.7 cm³/mol. The molecule has 0 saturated carbocycles. The van der Waals surface area contributed by atoms with Gasteiger partial charge in [0.15, 0.2) is 5.60 Å². The largest absolute Gasteiger partial charge is 0.417 e. The summed E-state index contributed by atoms with van der Waals surface area (Å²) < 4.78 is 36.9. The summed E-state index contributed by atoms with van der Waals surface area (Å²) in [5.74, 6) is -1.31. The van der Waals surface area contributed by atoms with Crippen LogP contribution in [0.5, 0.6) is 0 Å². The molecule has 7 heteroatoms. The van der Waals surface area contributed by atoms with E-state index in [1.807, 2.05) is 13.8 Å². The number of hydrogen-bond donors (Lipinski definition) is 3. The van der Waals surface area contributed by atoms with Crippen LogP contribution >= 0.6 is 0 Å². The van der Waals surface area contributed by atoms with Gasteiger partial charge in [-0.15, -0.1) is 0 Å². The smallest absolute Gasteiger partial charge is 0.380 e. The molecule has 0 bridgehead atoms. The number of hydrogen-bond acceptors (Lipinski definition) is 3.